The van der Waals surface area contributed by atoms with Gasteiger partial charge in [0.15, 0.2) is 0 Å². The topological polar surface area (TPSA) is 110 Å². The Morgan fingerprint density at radius 1 is 1.07 bits per heavy atom. The first-order valence-corrected chi connectivity index (χ1v) is 11.1. The van der Waals surface area contributed by atoms with Crippen LogP contribution in [-0.4, -0.2) is 48.4 Å². The molecule has 1 aliphatic heterocycles. The number of carbonyl (C=O) groups excluding carboxylic acids is 1. The number of benzene rings is 2. The predicted octanol–water partition coefficient (Wildman–Crippen LogP) is 2.03. The van der Waals surface area contributed by atoms with Crippen molar-refractivity contribution >= 4 is 32.9 Å². The van der Waals surface area contributed by atoms with Crippen molar-refractivity contribution < 1.29 is 13.2 Å². The number of primary sulfonamides is 1. The molecule has 0 spiro atoms. The molecule has 8 nitrogen and oxygen atoms in total. The van der Waals surface area contributed by atoms with Gasteiger partial charge in [0.2, 0.25) is 16.0 Å². The molecule has 0 aliphatic carbocycles. The summed E-state index contributed by atoms with van der Waals surface area (Å²) in [6.45, 7) is 3.76. The zero-order valence-corrected chi connectivity index (χ0v) is 16.7. The fourth-order valence-corrected chi connectivity index (χ4v) is 4.19. The Bertz CT molecular complexity index is 1150. The van der Waals surface area contributed by atoms with Crippen molar-refractivity contribution in [2.75, 3.05) is 25.0 Å². The monoisotopic (exact) mass is 413 g/mol. The van der Waals surface area contributed by atoms with Crippen molar-refractivity contribution in [3.8, 4) is 0 Å². The molecule has 0 bridgehead atoms. The summed E-state index contributed by atoms with van der Waals surface area (Å²) < 4.78 is 25.1. The number of nitrogens with one attached hydrogen (secondary N) is 1. The molecule has 2 heterocycles. The standard InChI is InChI=1S/C20H23N5O3S/c21-29(27,28)16-7-5-6-15(14-16)19(26)23-20-22-17-8-1-2-9-18(17)25(20)13-12-24-10-3-4-11-24/h1-2,5-9,14H,3-4,10-13H2,(H2,21,27,28)(H,22,23,26). The molecule has 3 N–H and O–H groups in total. The fraction of sp³-hybridized carbons (Fsp3) is 0.300. The Kier molecular flexibility index (Phi) is 5.35. The number of para-hydroxylation sites is 2. The van der Waals surface area contributed by atoms with Crippen molar-refractivity contribution in [2.24, 2.45) is 5.14 Å². The number of nitrogens with zero attached hydrogens (tertiary/aromatic N) is 3. The molecule has 2 aromatic carbocycles. The molecule has 29 heavy (non-hydrogen) atoms. The summed E-state index contributed by atoms with van der Waals surface area (Å²) in [7, 11) is -3.88. The van der Waals surface area contributed by atoms with Crippen LogP contribution in [0.2, 0.25) is 0 Å². The molecule has 1 amide bonds. The van der Waals surface area contributed by atoms with Crippen LogP contribution in [0.4, 0.5) is 5.95 Å². The molecule has 1 fully saturated rings. The number of hydrogen-bond acceptors (Lipinski definition) is 5. The third-order valence-corrected chi connectivity index (χ3v) is 6.05. The van der Waals surface area contributed by atoms with E-state index in [0.717, 1.165) is 30.7 Å². The number of fused-ring (bicyclic) bond motifs is 1. The van der Waals surface area contributed by atoms with Crippen LogP contribution in [-0.2, 0) is 16.6 Å². The van der Waals surface area contributed by atoms with E-state index < -0.39 is 15.9 Å². The van der Waals surface area contributed by atoms with E-state index in [1.165, 1.54) is 31.0 Å². The van der Waals surface area contributed by atoms with Crippen LogP contribution in [0.25, 0.3) is 11.0 Å². The van der Waals surface area contributed by atoms with Gasteiger partial charge in [0, 0.05) is 18.7 Å². The lowest BCUT2D eigenvalue weighted by Crippen LogP contribution is -2.25. The average Bonchev–Trinajstić information content (AvgIpc) is 3.33. The lowest BCUT2D eigenvalue weighted by atomic mass is 10.2. The first-order chi connectivity index (χ1) is 13.9. The number of imidazole rings is 1. The minimum atomic E-state index is -3.88. The smallest absolute Gasteiger partial charge is 0.258 e. The highest BCUT2D eigenvalue weighted by Crippen LogP contribution is 2.21. The number of carbonyl (C=O) groups is 1. The van der Waals surface area contributed by atoms with Crippen molar-refractivity contribution in [1.29, 1.82) is 0 Å². The van der Waals surface area contributed by atoms with Crippen molar-refractivity contribution in [1.82, 2.24) is 14.5 Å². The van der Waals surface area contributed by atoms with Crippen LogP contribution < -0.4 is 10.5 Å². The number of amides is 1. The second kappa shape index (κ2) is 7.94. The zero-order valence-electron chi connectivity index (χ0n) is 15.9. The third-order valence-electron chi connectivity index (χ3n) is 5.14. The quantitative estimate of drug-likeness (QED) is 0.642. The van der Waals surface area contributed by atoms with Crippen molar-refractivity contribution in [3.05, 3.63) is 54.1 Å². The molecular formula is C20H23N5O3S. The van der Waals surface area contributed by atoms with Gasteiger partial charge in [-0.3, -0.25) is 10.1 Å². The first kappa shape index (κ1) is 19.6. The molecule has 0 saturated carbocycles. The summed E-state index contributed by atoms with van der Waals surface area (Å²) in [4.78, 5) is 19.6. The highest BCUT2D eigenvalue weighted by molar-refractivity contribution is 7.89. The number of sulfonamides is 1. The summed E-state index contributed by atoms with van der Waals surface area (Å²) in [5, 5.41) is 8.00. The molecule has 0 unspecified atom stereocenters. The van der Waals surface area contributed by atoms with Crippen LogP contribution in [0.15, 0.2) is 53.4 Å². The normalized spacial score (nSPS) is 15.1. The molecule has 1 saturated heterocycles. The highest BCUT2D eigenvalue weighted by atomic mass is 32.2. The minimum absolute atomic E-state index is 0.104. The van der Waals surface area contributed by atoms with Gasteiger partial charge in [0.25, 0.3) is 5.91 Å². The number of hydrogen-bond donors (Lipinski definition) is 2. The zero-order chi connectivity index (χ0) is 20.4. The van der Waals surface area contributed by atoms with Gasteiger partial charge in [-0.15, -0.1) is 0 Å². The van der Waals surface area contributed by atoms with E-state index in [0.29, 0.717) is 12.5 Å². The SMILES string of the molecule is NS(=O)(=O)c1cccc(C(=O)Nc2nc3ccccc3n2CCN2CCCC2)c1. The maximum Gasteiger partial charge on any atom is 0.258 e. The Balaban J connectivity index is 1.61. The van der Waals surface area contributed by atoms with E-state index in [4.69, 9.17) is 5.14 Å². The number of nitrogens with two attached hydrogens (primary N) is 1. The summed E-state index contributed by atoms with van der Waals surface area (Å²) >= 11 is 0. The number of rotatable bonds is 6. The lowest BCUT2D eigenvalue weighted by Gasteiger charge is -2.16. The summed E-state index contributed by atoms with van der Waals surface area (Å²) in [6.07, 6.45) is 2.43. The van der Waals surface area contributed by atoms with Crippen LogP contribution in [0, 0.1) is 0 Å². The average molecular weight is 414 g/mol. The number of aromatic nitrogens is 2. The molecule has 0 atom stereocenters. The van der Waals surface area contributed by atoms with Crippen LogP contribution in [0.5, 0.6) is 0 Å². The Hall–Kier alpha value is -2.75. The Morgan fingerprint density at radius 2 is 1.83 bits per heavy atom. The maximum atomic E-state index is 12.8. The highest BCUT2D eigenvalue weighted by Gasteiger charge is 2.18. The van der Waals surface area contributed by atoms with Gasteiger partial charge in [0.1, 0.15) is 0 Å². The van der Waals surface area contributed by atoms with E-state index in [9.17, 15) is 13.2 Å². The summed E-state index contributed by atoms with van der Waals surface area (Å²) in [6, 6.07) is 13.4. The van der Waals surface area contributed by atoms with E-state index in [1.54, 1.807) is 6.07 Å². The largest absolute Gasteiger partial charge is 0.309 e. The molecular weight excluding hydrogens is 390 g/mol. The van der Waals surface area contributed by atoms with E-state index in [2.05, 4.69) is 15.2 Å². The molecule has 9 heteroatoms. The summed E-state index contributed by atoms with van der Waals surface area (Å²) in [5.74, 6) is 0.00429. The van der Waals surface area contributed by atoms with Gasteiger partial charge in [-0.05, 0) is 56.3 Å². The van der Waals surface area contributed by atoms with Gasteiger partial charge in [0.05, 0.1) is 15.9 Å². The van der Waals surface area contributed by atoms with E-state index in [1.807, 2.05) is 28.8 Å². The summed E-state index contributed by atoms with van der Waals surface area (Å²) in [5.41, 5.74) is 1.94. The minimum Gasteiger partial charge on any atom is -0.309 e. The van der Waals surface area contributed by atoms with Gasteiger partial charge in [-0.1, -0.05) is 18.2 Å². The molecule has 3 aromatic rings. The van der Waals surface area contributed by atoms with Crippen LogP contribution in [0.3, 0.4) is 0 Å². The van der Waals surface area contributed by atoms with E-state index in [-0.39, 0.29) is 10.5 Å². The van der Waals surface area contributed by atoms with Crippen molar-refractivity contribution in [2.45, 2.75) is 24.3 Å². The Labute approximate surface area is 169 Å². The van der Waals surface area contributed by atoms with E-state index >= 15 is 0 Å². The van der Waals surface area contributed by atoms with Gasteiger partial charge < -0.3 is 9.47 Å². The molecule has 1 aromatic heterocycles. The second-order valence-corrected chi connectivity index (χ2v) is 8.71. The van der Waals surface area contributed by atoms with Gasteiger partial charge in [-0.25, -0.2) is 18.5 Å². The molecule has 0 radical (unpaired) electrons. The fourth-order valence-electron chi connectivity index (χ4n) is 3.63. The molecule has 1 aliphatic rings. The van der Waals surface area contributed by atoms with Gasteiger partial charge in [-0.2, -0.15) is 0 Å². The molecule has 152 valence electrons. The third kappa shape index (κ3) is 4.31. The number of likely N-dealkylation sites (tertiary alicyclic amines) is 1. The Morgan fingerprint density at radius 3 is 2.59 bits per heavy atom. The second-order valence-electron chi connectivity index (χ2n) is 7.15. The lowest BCUT2D eigenvalue weighted by molar-refractivity contribution is 0.102. The van der Waals surface area contributed by atoms with Crippen molar-refractivity contribution in [3.63, 3.8) is 0 Å². The predicted molar refractivity (Wildman–Crippen MR) is 111 cm³/mol. The number of anilines is 1. The molecule has 4 rings (SSSR count). The first-order valence-electron chi connectivity index (χ1n) is 9.54. The van der Waals surface area contributed by atoms with Crippen LogP contribution in [0.1, 0.15) is 23.2 Å². The van der Waals surface area contributed by atoms with Gasteiger partial charge >= 0.3 is 0 Å². The maximum absolute atomic E-state index is 12.8. The van der Waals surface area contributed by atoms with Crippen LogP contribution >= 0.6 is 0 Å².